The first kappa shape index (κ1) is 17.0. The van der Waals surface area contributed by atoms with Crippen molar-refractivity contribution >= 4 is 23.7 Å². The Kier molecular flexibility index (Phi) is 4.26. The summed E-state index contributed by atoms with van der Waals surface area (Å²) >= 11 is 0. The second-order valence-corrected chi connectivity index (χ2v) is 5.09. The molecule has 1 amide bonds. The summed E-state index contributed by atoms with van der Waals surface area (Å²) in [5.74, 6) is -3.54. The van der Waals surface area contributed by atoms with Gasteiger partial charge in [0.2, 0.25) is 5.60 Å². The largest absolute Gasteiger partial charge is 0.480 e. The van der Waals surface area contributed by atoms with Crippen molar-refractivity contribution in [3.8, 4) is 5.75 Å². The normalized spacial score (nSPS) is 22.8. The van der Waals surface area contributed by atoms with Crippen LogP contribution in [0.5, 0.6) is 5.75 Å². The van der Waals surface area contributed by atoms with Gasteiger partial charge in [0.15, 0.2) is 5.75 Å². The molecule has 1 aromatic carbocycles. The minimum atomic E-state index is -2.24. The molecule has 2 atom stereocenters. The van der Waals surface area contributed by atoms with Crippen molar-refractivity contribution in [2.75, 3.05) is 6.54 Å². The molecule has 1 unspecified atom stereocenters. The lowest BCUT2D eigenvalue weighted by molar-refractivity contribution is -0.386. The molecule has 11 heteroatoms. The molecule has 1 aromatic rings. The number of nitrogens with zero attached hydrogens (tertiary/aromatic N) is 2. The smallest absolute Gasteiger partial charge is 0.408 e. The van der Waals surface area contributed by atoms with Gasteiger partial charge in [-0.15, -0.1) is 0 Å². The summed E-state index contributed by atoms with van der Waals surface area (Å²) in [6.45, 7) is -0.777. The van der Waals surface area contributed by atoms with Crippen molar-refractivity contribution in [2.24, 2.45) is 0 Å². The molecule has 0 aliphatic carbocycles. The summed E-state index contributed by atoms with van der Waals surface area (Å²) in [4.78, 5) is 44.6. The first-order chi connectivity index (χ1) is 11.2. The number of carboxylic acids is 2. The van der Waals surface area contributed by atoms with Gasteiger partial charge < -0.3 is 20.1 Å². The zero-order chi connectivity index (χ0) is 18.1. The molecule has 0 spiro atoms. The topological polar surface area (TPSA) is 168 Å². The molecule has 1 heterocycles. The molecule has 0 bridgehead atoms. The second kappa shape index (κ2) is 6.02. The first-order valence-electron chi connectivity index (χ1n) is 6.56. The SMILES string of the molecule is O=C(O)[C@@H]1CC(Oc2ccccc2[N+](=O)[O-])(C(=O)O)CN1C(=O)O. The third kappa shape index (κ3) is 2.91. The number of para-hydroxylation sites is 2. The van der Waals surface area contributed by atoms with Crippen molar-refractivity contribution < 1.29 is 39.4 Å². The van der Waals surface area contributed by atoms with E-state index in [9.17, 15) is 29.6 Å². The predicted octanol–water partition coefficient (Wildman–Crippen LogP) is 0.634. The molecule has 1 fully saturated rings. The van der Waals surface area contributed by atoms with E-state index < -0.39 is 53.3 Å². The molecule has 2 rings (SSSR count). The lowest BCUT2D eigenvalue weighted by Crippen LogP contribution is -2.47. The summed E-state index contributed by atoms with van der Waals surface area (Å²) in [6.07, 6.45) is -2.31. The Morgan fingerprint density at radius 1 is 1.25 bits per heavy atom. The van der Waals surface area contributed by atoms with Crippen molar-refractivity contribution in [1.29, 1.82) is 0 Å². The monoisotopic (exact) mass is 340 g/mol. The van der Waals surface area contributed by atoms with Gasteiger partial charge in [-0.25, -0.2) is 14.4 Å². The Morgan fingerprint density at radius 3 is 2.33 bits per heavy atom. The van der Waals surface area contributed by atoms with Crippen LogP contribution in [0.2, 0.25) is 0 Å². The number of amides is 1. The zero-order valence-corrected chi connectivity index (χ0v) is 12.0. The minimum absolute atomic E-state index is 0.388. The average molecular weight is 340 g/mol. The highest BCUT2D eigenvalue weighted by atomic mass is 16.6. The number of benzene rings is 1. The Balaban J connectivity index is 2.44. The highest BCUT2D eigenvalue weighted by molar-refractivity contribution is 5.86. The predicted molar refractivity (Wildman–Crippen MR) is 74.9 cm³/mol. The van der Waals surface area contributed by atoms with Crippen LogP contribution in [0, 0.1) is 10.1 Å². The van der Waals surface area contributed by atoms with E-state index in [1.54, 1.807) is 0 Å². The van der Waals surface area contributed by atoms with Crippen LogP contribution in [0.4, 0.5) is 10.5 Å². The van der Waals surface area contributed by atoms with Crippen LogP contribution in [0.1, 0.15) is 6.42 Å². The van der Waals surface area contributed by atoms with Gasteiger partial charge in [-0.2, -0.15) is 0 Å². The van der Waals surface area contributed by atoms with E-state index in [2.05, 4.69) is 0 Å². The zero-order valence-electron chi connectivity index (χ0n) is 12.0. The van der Waals surface area contributed by atoms with Crippen LogP contribution in [0.3, 0.4) is 0 Å². The molecule has 24 heavy (non-hydrogen) atoms. The molecule has 1 aliphatic rings. The van der Waals surface area contributed by atoms with Crippen molar-refractivity contribution in [3.63, 3.8) is 0 Å². The van der Waals surface area contributed by atoms with Crippen molar-refractivity contribution in [2.45, 2.75) is 18.1 Å². The molecule has 1 saturated heterocycles. The highest BCUT2D eigenvalue weighted by Crippen LogP contribution is 2.36. The van der Waals surface area contributed by atoms with E-state index in [1.807, 2.05) is 0 Å². The molecule has 0 saturated carbocycles. The van der Waals surface area contributed by atoms with Crippen LogP contribution in [0.25, 0.3) is 0 Å². The number of aliphatic carboxylic acids is 2. The number of carbonyl (C=O) groups is 3. The van der Waals surface area contributed by atoms with Gasteiger partial charge in [0.05, 0.1) is 11.5 Å². The van der Waals surface area contributed by atoms with Gasteiger partial charge in [-0.05, 0) is 6.07 Å². The summed E-state index contributed by atoms with van der Waals surface area (Å²) in [6, 6.07) is 3.32. The Bertz CT molecular complexity index is 695. The molecule has 1 aliphatic heterocycles. The van der Waals surface area contributed by atoms with Gasteiger partial charge >= 0.3 is 23.7 Å². The Hall–Kier alpha value is -3.37. The summed E-state index contributed by atoms with van der Waals surface area (Å²) in [5.41, 5.74) is -2.76. The lowest BCUT2D eigenvalue weighted by Gasteiger charge is -2.25. The number of nitro groups is 1. The molecule has 0 aromatic heterocycles. The number of ether oxygens (including phenoxy) is 1. The molecule has 128 valence electrons. The maximum atomic E-state index is 11.6. The maximum absolute atomic E-state index is 11.6. The number of rotatable bonds is 5. The number of hydrogen-bond donors (Lipinski definition) is 3. The second-order valence-electron chi connectivity index (χ2n) is 5.09. The van der Waals surface area contributed by atoms with E-state index in [0.29, 0.717) is 4.90 Å². The van der Waals surface area contributed by atoms with Gasteiger partial charge in [0.25, 0.3) is 0 Å². The van der Waals surface area contributed by atoms with E-state index in [-0.39, 0.29) is 5.75 Å². The summed E-state index contributed by atoms with van der Waals surface area (Å²) < 4.78 is 5.27. The third-order valence-corrected chi connectivity index (χ3v) is 3.61. The fourth-order valence-electron chi connectivity index (χ4n) is 2.47. The maximum Gasteiger partial charge on any atom is 0.408 e. The number of hydrogen-bond acceptors (Lipinski definition) is 6. The van der Waals surface area contributed by atoms with Crippen LogP contribution < -0.4 is 4.74 Å². The van der Waals surface area contributed by atoms with E-state index >= 15 is 0 Å². The number of nitro benzene ring substituents is 1. The fourth-order valence-corrected chi connectivity index (χ4v) is 2.47. The van der Waals surface area contributed by atoms with Crippen LogP contribution in [-0.2, 0) is 9.59 Å². The van der Waals surface area contributed by atoms with Gasteiger partial charge in [0, 0.05) is 12.5 Å². The summed E-state index contributed by atoms with van der Waals surface area (Å²) in [7, 11) is 0. The Morgan fingerprint density at radius 2 is 1.88 bits per heavy atom. The Labute approximate surface area is 133 Å². The molecular formula is C13H12N2O9. The first-order valence-corrected chi connectivity index (χ1v) is 6.56. The molecule has 3 N–H and O–H groups in total. The van der Waals surface area contributed by atoms with E-state index in [1.165, 1.54) is 12.1 Å². The molecular weight excluding hydrogens is 328 g/mol. The molecule has 11 nitrogen and oxygen atoms in total. The third-order valence-electron chi connectivity index (χ3n) is 3.61. The minimum Gasteiger partial charge on any atom is -0.480 e. The van der Waals surface area contributed by atoms with Gasteiger partial charge in [-0.3, -0.25) is 15.0 Å². The van der Waals surface area contributed by atoms with E-state index in [0.717, 1.165) is 12.1 Å². The number of carboxylic acid groups (broad SMARTS) is 3. The van der Waals surface area contributed by atoms with E-state index in [4.69, 9.17) is 14.9 Å². The van der Waals surface area contributed by atoms with Crippen molar-refractivity contribution in [1.82, 2.24) is 4.90 Å². The number of likely N-dealkylation sites (tertiary alicyclic amines) is 1. The quantitative estimate of drug-likeness (QED) is 0.514. The van der Waals surface area contributed by atoms with Crippen LogP contribution in [0.15, 0.2) is 24.3 Å². The average Bonchev–Trinajstić information content (AvgIpc) is 2.89. The molecule has 0 radical (unpaired) electrons. The standard InChI is InChI=1S/C13H12N2O9/c16-10(17)8-5-13(11(18)19,6-14(8)12(20)21)24-9-4-2-1-3-7(9)15(22)23/h1-4,8H,5-6H2,(H,16,17)(H,18,19)(H,20,21)/t8-,13?/m0/s1. The van der Waals surface area contributed by atoms with Crippen LogP contribution >= 0.6 is 0 Å². The van der Waals surface area contributed by atoms with Gasteiger partial charge in [0.1, 0.15) is 6.04 Å². The fraction of sp³-hybridized carbons (Fsp3) is 0.308. The van der Waals surface area contributed by atoms with Gasteiger partial charge in [-0.1, -0.05) is 12.1 Å². The summed E-state index contributed by atoms with van der Waals surface area (Å²) in [5, 5.41) is 38.6. The van der Waals surface area contributed by atoms with Crippen LogP contribution in [-0.4, -0.2) is 61.4 Å². The van der Waals surface area contributed by atoms with Crippen molar-refractivity contribution in [3.05, 3.63) is 34.4 Å². The lowest BCUT2D eigenvalue weighted by atomic mass is 10.00. The highest BCUT2D eigenvalue weighted by Gasteiger charge is 2.56.